The van der Waals surface area contributed by atoms with Crippen LogP contribution < -0.4 is 26.0 Å². The number of nitrogens with two attached hydrogens (primary N) is 1. The highest BCUT2D eigenvalue weighted by Crippen LogP contribution is 2.38. The first-order chi connectivity index (χ1) is 17.7. The number of imidazole rings is 1. The zero-order valence-corrected chi connectivity index (χ0v) is 20.6. The molecule has 5 N–H and O–H groups in total. The van der Waals surface area contributed by atoms with E-state index in [0.29, 0.717) is 13.2 Å². The van der Waals surface area contributed by atoms with Crippen LogP contribution >= 0.6 is 0 Å². The van der Waals surface area contributed by atoms with Crippen LogP contribution in [0.5, 0.6) is 5.75 Å². The molecule has 8 heteroatoms. The molecule has 4 aromatic rings. The molecular formula is C28H33N7O. The molecular weight excluding hydrogens is 450 g/mol. The number of benzene rings is 3. The minimum absolute atomic E-state index is 0.0174. The Hall–Kier alpha value is -3.75. The number of aromatic nitrogens is 2. The quantitative estimate of drug-likeness (QED) is 0.292. The minimum atomic E-state index is 0.0174. The topological polar surface area (TPSA) is 94.5 Å². The van der Waals surface area contributed by atoms with Crippen LogP contribution in [0.15, 0.2) is 60.7 Å². The van der Waals surface area contributed by atoms with Crippen molar-refractivity contribution in [1.82, 2.24) is 14.9 Å². The fourth-order valence-electron chi connectivity index (χ4n) is 4.88. The molecule has 1 unspecified atom stereocenters. The molecule has 1 saturated heterocycles. The van der Waals surface area contributed by atoms with E-state index in [1.807, 2.05) is 24.3 Å². The predicted octanol–water partition coefficient (Wildman–Crippen LogP) is 4.25. The van der Waals surface area contributed by atoms with Crippen LogP contribution in [0, 0.1) is 0 Å². The number of hydrogen-bond acceptors (Lipinski definition) is 7. The van der Waals surface area contributed by atoms with Gasteiger partial charge in [-0.15, -0.1) is 0 Å². The van der Waals surface area contributed by atoms with Gasteiger partial charge in [-0.1, -0.05) is 6.07 Å². The molecule has 2 aliphatic rings. The van der Waals surface area contributed by atoms with Gasteiger partial charge in [-0.2, -0.15) is 0 Å². The summed E-state index contributed by atoms with van der Waals surface area (Å²) in [6, 6.07) is 21.1. The molecule has 0 radical (unpaired) electrons. The summed E-state index contributed by atoms with van der Waals surface area (Å²) >= 11 is 0. The Balaban J connectivity index is 1.17. The second kappa shape index (κ2) is 9.72. The van der Waals surface area contributed by atoms with Crippen LogP contribution in [0.3, 0.4) is 0 Å². The maximum Gasteiger partial charge on any atom is 0.138 e. The van der Waals surface area contributed by atoms with Crippen molar-refractivity contribution in [2.75, 3.05) is 61.9 Å². The number of nitrogens with one attached hydrogen (secondary N) is 3. The highest BCUT2D eigenvalue weighted by Gasteiger charge is 2.23. The molecule has 0 spiro atoms. The Morgan fingerprint density at radius 1 is 0.944 bits per heavy atom. The third-order valence-corrected chi connectivity index (χ3v) is 7.06. The van der Waals surface area contributed by atoms with Crippen molar-refractivity contribution in [2.24, 2.45) is 5.73 Å². The summed E-state index contributed by atoms with van der Waals surface area (Å²) in [7, 11) is 2.19. The first-order valence-electron chi connectivity index (χ1n) is 12.7. The summed E-state index contributed by atoms with van der Waals surface area (Å²) in [5.74, 6) is 1.70. The number of ether oxygens (including phenoxy) is 1. The van der Waals surface area contributed by atoms with Gasteiger partial charge in [0.2, 0.25) is 0 Å². The number of likely N-dealkylation sites (N-methyl/N-ethyl adjacent to an activating group) is 1. The summed E-state index contributed by atoms with van der Waals surface area (Å²) in [5, 5.41) is 7.29. The van der Waals surface area contributed by atoms with Gasteiger partial charge in [-0.3, -0.25) is 0 Å². The van der Waals surface area contributed by atoms with Gasteiger partial charge in [0.1, 0.15) is 17.7 Å². The molecule has 6 rings (SSSR count). The molecule has 1 atom stereocenters. The first-order valence-corrected chi connectivity index (χ1v) is 12.7. The Kier molecular flexibility index (Phi) is 6.13. The number of fused-ring (bicyclic) bond motifs is 2. The average molecular weight is 484 g/mol. The Morgan fingerprint density at radius 3 is 2.56 bits per heavy atom. The highest BCUT2D eigenvalue weighted by atomic mass is 16.5. The number of H-pyrrole nitrogens is 1. The maximum atomic E-state index is 5.71. The van der Waals surface area contributed by atoms with Gasteiger partial charge in [-0.05, 0) is 80.2 Å². The number of piperazine rings is 1. The van der Waals surface area contributed by atoms with E-state index in [4.69, 9.17) is 15.5 Å². The van der Waals surface area contributed by atoms with E-state index in [1.165, 1.54) is 11.3 Å². The monoisotopic (exact) mass is 483 g/mol. The largest absolute Gasteiger partial charge is 0.494 e. The number of anilines is 3. The normalized spacial score (nSPS) is 17.6. The lowest BCUT2D eigenvalue weighted by Crippen LogP contribution is -2.44. The van der Waals surface area contributed by atoms with E-state index in [1.54, 1.807) is 0 Å². The standard InChI is InChI=1S/C28H33N7O/c1-34-12-14-35(15-13-34)21-6-10-24-26(18-21)33-28(31-24)20-5-9-23-25(17-20)32-27(30-23)19-3-7-22(8-4-19)36-16-2-11-29/h3-10,17-18,28,31,33H,2,11-16,29H2,1H3,(H,30,32). The third-order valence-electron chi connectivity index (χ3n) is 7.06. The molecule has 1 aromatic heterocycles. The van der Waals surface area contributed by atoms with Crippen molar-refractivity contribution in [2.45, 2.75) is 12.6 Å². The molecule has 1 fully saturated rings. The van der Waals surface area contributed by atoms with Crippen molar-refractivity contribution >= 4 is 28.1 Å². The minimum Gasteiger partial charge on any atom is -0.494 e. The van der Waals surface area contributed by atoms with Crippen LogP contribution in [0.4, 0.5) is 17.1 Å². The van der Waals surface area contributed by atoms with Crippen LogP contribution in [0.1, 0.15) is 18.2 Å². The number of hydrogen-bond donors (Lipinski definition) is 4. The lowest BCUT2D eigenvalue weighted by molar-refractivity contribution is 0.313. The van der Waals surface area contributed by atoms with E-state index >= 15 is 0 Å². The van der Waals surface area contributed by atoms with Crippen LogP contribution in [0.25, 0.3) is 22.4 Å². The van der Waals surface area contributed by atoms with Gasteiger partial charge in [0, 0.05) is 37.4 Å². The van der Waals surface area contributed by atoms with Gasteiger partial charge in [0.15, 0.2) is 0 Å². The Morgan fingerprint density at radius 2 is 1.75 bits per heavy atom. The maximum absolute atomic E-state index is 5.71. The van der Waals surface area contributed by atoms with Gasteiger partial charge < -0.3 is 35.9 Å². The van der Waals surface area contributed by atoms with Gasteiger partial charge in [0.25, 0.3) is 0 Å². The first kappa shape index (κ1) is 22.7. The molecule has 8 nitrogen and oxygen atoms in total. The molecule has 0 bridgehead atoms. The van der Waals surface area contributed by atoms with E-state index < -0.39 is 0 Å². The van der Waals surface area contributed by atoms with E-state index in [0.717, 1.165) is 72.1 Å². The molecule has 0 saturated carbocycles. The summed E-state index contributed by atoms with van der Waals surface area (Å²) < 4.78 is 5.71. The van der Waals surface area contributed by atoms with E-state index in [-0.39, 0.29) is 6.17 Å². The Bertz CT molecular complexity index is 1340. The molecule has 186 valence electrons. The SMILES string of the molecule is CN1CCN(c2ccc3c(c2)NC(c2ccc4nc(-c5ccc(OCCCN)cc5)[nH]c4c2)N3)CC1. The fourth-order valence-corrected chi connectivity index (χ4v) is 4.88. The predicted molar refractivity (Wildman–Crippen MR) is 147 cm³/mol. The summed E-state index contributed by atoms with van der Waals surface area (Å²) in [4.78, 5) is 13.1. The second-order valence-electron chi connectivity index (χ2n) is 9.62. The Labute approximate surface area is 211 Å². The van der Waals surface area contributed by atoms with E-state index in [2.05, 4.69) is 68.9 Å². The van der Waals surface area contributed by atoms with Crippen molar-refractivity contribution < 1.29 is 4.74 Å². The van der Waals surface area contributed by atoms with Crippen LogP contribution in [0.2, 0.25) is 0 Å². The summed E-state index contributed by atoms with van der Waals surface area (Å²) in [6.07, 6.45) is 0.866. The van der Waals surface area contributed by atoms with Crippen LogP contribution in [-0.2, 0) is 0 Å². The average Bonchev–Trinajstić information content (AvgIpc) is 3.53. The molecule has 36 heavy (non-hydrogen) atoms. The third kappa shape index (κ3) is 4.57. The molecule has 2 aliphatic heterocycles. The molecule has 3 heterocycles. The lowest BCUT2D eigenvalue weighted by atomic mass is 10.1. The summed E-state index contributed by atoms with van der Waals surface area (Å²) in [5.41, 5.74) is 13.3. The fraction of sp³-hybridized carbons (Fsp3) is 0.321. The zero-order valence-electron chi connectivity index (χ0n) is 20.6. The van der Waals surface area contributed by atoms with Crippen molar-refractivity contribution in [3.63, 3.8) is 0 Å². The van der Waals surface area contributed by atoms with E-state index in [9.17, 15) is 0 Å². The van der Waals surface area contributed by atoms with Crippen molar-refractivity contribution in [1.29, 1.82) is 0 Å². The lowest BCUT2D eigenvalue weighted by Gasteiger charge is -2.34. The number of aromatic amines is 1. The second-order valence-corrected chi connectivity index (χ2v) is 9.62. The van der Waals surface area contributed by atoms with Gasteiger partial charge in [0.05, 0.1) is 29.0 Å². The van der Waals surface area contributed by atoms with Crippen molar-refractivity contribution in [3.05, 3.63) is 66.2 Å². The smallest absolute Gasteiger partial charge is 0.138 e. The molecule has 0 aliphatic carbocycles. The zero-order chi connectivity index (χ0) is 24.5. The molecule has 3 aromatic carbocycles. The van der Waals surface area contributed by atoms with Gasteiger partial charge >= 0.3 is 0 Å². The van der Waals surface area contributed by atoms with Gasteiger partial charge in [-0.25, -0.2) is 4.98 Å². The van der Waals surface area contributed by atoms with Crippen LogP contribution in [-0.4, -0.2) is 61.2 Å². The van der Waals surface area contributed by atoms with Crippen molar-refractivity contribution in [3.8, 4) is 17.1 Å². The number of nitrogens with zero attached hydrogens (tertiary/aromatic N) is 3. The highest BCUT2D eigenvalue weighted by molar-refractivity contribution is 5.83. The summed E-state index contributed by atoms with van der Waals surface area (Å²) in [6.45, 7) is 5.60. The number of rotatable bonds is 7. The molecule has 0 amide bonds.